The number of benzene rings is 1. The Hall–Kier alpha value is -1.04. The molecule has 0 bridgehead atoms. The summed E-state index contributed by atoms with van der Waals surface area (Å²) in [6, 6.07) is 8.48. The average Bonchev–Trinajstić information content (AvgIpc) is 2.74. The molecule has 0 heteroatoms. The van der Waals surface area contributed by atoms with Gasteiger partial charge in [-0.2, -0.15) is 0 Å². The van der Waals surface area contributed by atoms with Crippen LogP contribution in [0.25, 0.3) is 0 Å². The highest BCUT2D eigenvalue weighted by atomic mass is 14.5. The van der Waals surface area contributed by atoms with E-state index in [-0.39, 0.29) is 0 Å². The number of rotatable bonds is 2. The molecule has 0 amide bonds. The van der Waals surface area contributed by atoms with E-state index in [1.807, 2.05) is 27.7 Å². The Bertz CT molecular complexity index is 488. The number of hydrogen-bond donors (Lipinski definition) is 0. The second kappa shape index (κ2) is 14.9. The van der Waals surface area contributed by atoms with Crippen LogP contribution in [0.2, 0.25) is 0 Å². The standard InChI is InChI=1S/C16H28.C8H10.2C2H6/c1-5-13-7-8-14-9-11(3)15(6-2)12(4)16(14)10-13;1-7-3-5-8(2)6-4-7;2*1-2/h12-16H,3,5-10H2,1-2,4H3;3-6H,1-2H3;2*1-2H3/t12-,13?,14?,15?,16?;;;/m0.../s1. The van der Waals surface area contributed by atoms with Gasteiger partial charge in [-0.3, -0.25) is 0 Å². The lowest BCUT2D eigenvalue weighted by Crippen LogP contribution is -2.38. The van der Waals surface area contributed by atoms with Gasteiger partial charge in [0.25, 0.3) is 0 Å². The highest BCUT2D eigenvalue weighted by molar-refractivity contribution is 5.19. The van der Waals surface area contributed by atoms with Crippen LogP contribution in [-0.2, 0) is 0 Å². The summed E-state index contributed by atoms with van der Waals surface area (Å²) < 4.78 is 0. The predicted octanol–water partition coefficient (Wildman–Crippen LogP) is 9.41. The average molecular weight is 387 g/mol. The van der Waals surface area contributed by atoms with Gasteiger partial charge in [0.1, 0.15) is 0 Å². The van der Waals surface area contributed by atoms with Gasteiger partial charge in [0.2, 0.25) is 0 Å². The maximum Gasteiger partial charge on any atom is -0.0180 e. The van der Waals surface area contributed by atoms with Gasteiger partial charge in [-0.25, -0.2) is 0 Å². The van der Waals surface area contributed by atoms with E-state index in [0.717, 1.165) is 29.6 Å². The lowest BCUT2D eigenvalue weighted by atomic mass is 9.58. The molecule has 0 saturated heterocycles. The zero-order valence-electron chi connectivity index (χ0n) is 20.6. The summed E-state index contributed by atoms with van der Waals surface area (Å²) in [5, 5.41) is 0. The van der Waals surface area contributed by atoms with E-state index in [1.165, 1.54) is 49.7 Å². The molecule has 1 aromatic carbocycles. The molecule has 5 atom stereocenters. The lowest BCUT2D eigenvalue weighted by Gasteiger charge is -2.47. The van der Waals surface area contributed by atoms with Crippen molar-refractivity contribution < 1.29 is 0 Å². The molecule has 0 N–H and O–H groups in total. The van der Waals surface area contributed by atoms with Gasteiger partial charge in [-0.15, -0.1) is 0 Å². The van der Waals surface area contributed by atoms with Crippen molar-refractivity contribution in [1.82, 2.24) is 0 Å². The first-order valence-corrected chi connectivity index (χ1v) is 12.2. The highest BCUT2D eigenvalue weighted by Gasteiger charge is 2.40. The van der Waals surface area contributed by atoms with Crippen molar-refractivity contribution in [3.8, 4) is 0 Å². The SMILES string of the molecule is C=C1CC2CCC(CC)CC2[C@@H](C)C1CC.CC.CC.Cc1ccc(C)cc1. The van der Waals surface area contributed by atoms with Crippen LogP contribution in [0.3, 0.4) is 0 Å². The minimum Gasteiger partial charge on any atom is -0.0996 e. The lowest BCUT2D eigenvalue weighted by molar-refractivity contribution is 0.0712. The molecule has 28 heavy (non-hydrogen) atoms. The number of aryl methyl sites for hydroxylation is 2. The second-order valence-corrected chi connectivity index (χ2v) is 8.40. The number of fused-ring (bicyclic) bond motifs is 1. The molecule has 2 fully saturated rings. The molecule has 3 rings (SSSR count). The van der Waals surface area contributed by atoms with Crippen molar-refractivity contribution >= 4 is 0 Å². The zero-order chi connectivity index (χ0) is 21.7. The Morgan fingerprint density at radius 1 is 0.857 bits per heavy atom. The summed E-state index contributed by atoms with van der Waals surface area (Å²) >= 11 is 0. The molecule has 0 spiro atoms. The molecule has 0 radical (unpaired) electrons. The van der Waals surface area contributed by atoms with Crippen molar-refractivity contribution in [2.24, 2.45) is 29.6 Å². The van der Waals surface area contributed by atoms with Gasteiger partial charge in [0, 0.05) is 0 Å². The first-order chi connectivity index (χ1) is 13.5. The maximum absolute atomic E-state index is 4.35. The van der Waals surface area contributed by atoms with E-state index >= 15 is 0 Å². The minimum atomic E-state index is 0.817. The first kappa shape index (κ1) is 27.0. The van der Waals surface area contributed by atoms with Crippen LogP contribution >= 0.6 is 0 Å². The Morgan fingerprint density at radius 3 is 1.79 bits per heavy atom. The second-order valence-electron chi connectivity index (χ2n) is 8.40. The van der Waals surface area contributed by atoms with Crippen LogP contribution in [0.1, 0.15) is 98.1 Å². The summed E-state index contributed by atoms with van der Waals surface area (Å²) in [6.07, 6.45) is 8.50. The van der Waals surface area contributed by atoms with Gasteiger partial charge in [-0.05, 0) is 69.1 Å². The number of hydrogen-bond acceptors (Lipinski definition) is 0. The van der Waals surface area contributed by atoms with Crippen LogP contribution in [0.15, 0.2) is 36.4 Å². The fraction of sp³-hybridized carbons (Fsp3) is 0.714. The summed E-state index contributed by atoms with van der Waals surface area (Å²) in [7, 11) is 0. The maximum atomic E-state index is 4.35. The van der Waals surface area contributed by atoms with E-state index in [9.17, 15) is 0 Å². The third-order valence-electron chi connectivity index (χ3n) is 6.75. The molecule has 0 heterocycles. The molecule has 2 aliphatic carbocycles. The van der Waals surface area contributed by atoms with Gasteiger partial charge in [-0.1, -0.05) is 109 Å². The van der Waals surface area contributed by atoms with Gasteiger partial charge in [0.05, 0.1) is 0 Å². The van der Waals surface area contributed by atoms with Crippen LogP contribution in [0, 0.1) is 43.4 Å². The molecule has 2 aliphatic rings. The predicted molar refractivity (Wildman–Crippen MR) is 130 cm³/mol. The molecule has 0 aliphatic heterocycles. The molecular weight excluding hydrogens is 336 g/mol. The summed E-state index contributed by atoms with van der Waals surface area (Å²) in [4.78, 5) is 0. The third-order valence-corrected chi connectivity index (χ3v) is 6.75. The van der Waals surface area contributed by atoms with Gasteiger partial charge >= 0.3 is 0 Å². The van der Waals surface area contributed by atoms with Crippen molar-refractivity contribution in [1.29, 1.82) is 0 Å². The minimum absolute atomic E-state index is 0.817. The smallest absolute Gasteiger partial charge is 0.0180 e. The third kappa shape index (κ3) is 8.14. The fourth-order valence-corrected chi connectivity index (χ4v) is 5.08. The van der Waals surface area contributed by atoms with E-state index < -0.39 is 0 Å². The Balaban J connectivity index is 0.000000511. The molecule has 162 valence electrons. The van der Waals surface area contributed by atoms with Gasteiger partial charge < -0.3 is 0 Å². The molecule has 2 saturated carbocycles. The van der Waals surface area contributed by atoms with E-state index in [0.29, 0.717) is 0 Å². The number of allylic oxidation sites excluding steroid dienone is 1. The molecule has 0 nitrogen and oxygen atoms in total. The largest absolute Gasteiger partial charge is 0.0996 e. The first-order valence-electron chi connectivity index (χ1n) is 12.2. The van der Waals surface area contributed by atoms with Gasteiger partial charge in [0.15, 0.2) is 0 Å². The quantitative estimate of drug-likeness (QED) is 0.444. The molecule has 1 aromatic rings. The van der Waals surface area contributed by atoms with Crippen molar-refractivity contribution in [2.45, 2.75) is 101 Å². The zero-order valence-corrected chi connectivity index (χ0v) is 20.6. The van der Waals surface area contributed by atoms with Crippen molar-refractivity contribution in [2.75, 3.05) is 0 Å². The normalized spacial score (nSPS) is 28.3. The van der Waals surface area contributed by atoms with Crippen molar-refractivity contribution in [3.05, 3.63) is 47.5 Å². The Kier molecular flexibility index (Phi) is 14.3. The van der Waals surface area contributed by atoms with Crippen LogP contribution in [-0.4, -0.2) is 0 Å². The Morgan fingerprint density at radius 2 is 1.36 bits per heavy atom. The fourth-order valence-electron chi connectivity index (χ4n) is 5.08. The summed E-state index contributed by atoms with van der Waals surface area (Å²) in [6.45, 7) is 23.7. The topological polar surface area (TPSA) is 0 Å². The summed E-state index contributed by atoms with van der Waals surface area (Å²) in [5.74, 6) is 4.72. The van der Waals surface area contributed by atoms with E-state index in [1.54, 1.807) is 5.57 Å². The molecule has 0 aromatic heterocycles. The van der Waals surface area contributed by atoms with E-state index in [4.69, 9.17) is 0 Å². The Labute approximate surface area is 178 Å². The van der Waals surface area contributed by atoms with E-state index in [2.05, 4.69) is 65.5 Å². The van der Waals surface area contributed by atoms with Crippen LogP contribution in [0.5, 0.6) is 0 Å². The van der Waals surface area contributed by atoms with Crippen LogP contribution in [0.4, 0.5) is 0 Å². The summed E-state index contributed by atoms with van der Waals surface area (Å²) in [5.41, 5.74) is 4.22. The van der Waals surface area contributed by atoms with Crippen molar-refractivity contribution in [3.63, 3.8) is 0 Å². The highest BCUT2D eigenvalue weighted by Crippen LogP contribution is 2.50. The van der Waals surface area contributed by atoms with Crippen LogP contribution < -0.4 is 0 Å². The molecular formula is C28H50. The molecule has 4 unspecified atom stereocenters. The monoisotopic (exact) mass is 386 g/mol.